The van der Waals surface area contributed by atoms with Gasteiger partial charge >= 0.3 is 0 Å². The van der Waals surface area contributed by atoms with Crippen LogP contribution in [0.25, 0.3) is 0 Å². The second-order valence-electron chi connectivity index (χ2n) is 6.32. The van der Waals surface area contributed by atoms with E-state index in [1.807, 2.05) is 24.3 Å². The molecular weight excluding hydrogens is 352 g/mol. The molecule has 0 bridgehead atoms. The Bertz CT molecular complexity index is 756. The standard InChI is InChI=1S/C22H30N4O2/c1-5-25(6-2)19-9-11-21(27)17(13-19)15-23-24-16-18-14-20(10-12-22(18)28)26(7-3)8-4/h9-16,27-28H,5-8H2,1-4H3/b23-15+,24-16+. The predicted molar refractivity (Wildman–Crippen MR) is 119 cm³/mol. The lowest BCUT2D eigenvalue weighted by molar-refractivity contribution is 0.474. The van der Waals surface area contributed by atoms with Crippen LogP contribution in [0.3, 0.4) is 0 Å². The highest BCUT2D eigenvalue weighted by Gasteiger charge is 2.07. The SMILES string of the molecule is CCN(CC)c1ccc(O)c(/C=N/N=C/c2cc(N(CC)CC)ccc2O)c1. The van der Waals surface area contributed by atoms with Crippen LogP contribution in [0.4, 0.5) is 11.4 Å². The Hall–Kier alpha value is -3.02. The van der Waals surface area contributed by atoms with Crippen LogP contribution in [0.1, 0.15) is 38.8 Å². The van der Waals surface area contributed by atoms with Crippen molar-refractivity contribution in [3.05, 3.63) is 47.5 Å². The van der Waals surface area contributed by atoms with Gasteiger partial charge in [0.1, 0.15) is 11.5 Å². The first-order chi connectivity index (χ1) is 13.5. The summed E-state index contributed by atoms with van der Waals surface area (Å²) in [6.45, 7) is 11.9. The van der Waals surface area contributed by atoms with Crippen molar-refractivity contribution in [1.82, 2.24) is 0 Å². The average Bonchev–Trinajstić information content (AvgIpc) is 2.71. The molecule has 0 heterocycles. The Labute approximate surface area is 167 Å². The topological polar surface area (TPSA) is 71.7 Å². The molecule has 0 aliphatic carbocycles. The van der Waals surface area contributed by atoms with Crippen molar-refractivity contribution in [2.75, 3.05) is 36.0 Å². The molecule has 0 saturated heterocycles. The summed E-state index contributed by atoms with van der Waals surface area (Å²) in [4.78, 5) is 4.38. The molecule has 0 fully saturated rings. The molecule has 150 valence electrons. The van der Waals surface area contributed by atoms with Crippen molar-refractivity contribution in [2.24, 2.45) is 10.2 Å². The quantitative estimate of drug-likeness (QED) is 0.502. The lowest BCUT2D eigenvalue weighted by Crippen LogP contribution is -2.21. The molecule has 0 aliphatic rings. The average molecular weight is 383 g/mol. The number of nitrogens with zero attached hydrogens (tertiary/aromatic N) is 4. The normalized spacial score (nSPS) is 11.4. The van der Waals surface area contributed by atoms with Crippen molar-refractivity contribution in [3.63, 3.8) is 0 Å². The molecule has 2 aromatic carbocycles. The predicted octanol–water partition coefficient (Wildman–Crippen LogP) is 4.24. The van der Waals surface area contributed by atoms with Crippen LogP contribution in [-0.4, -0.2) is 48.8 Å². The van der Waals surface area contributed by atoms with E-state index in [2.05, 4.69) is 47.7 Å². The third-order valence-electron chi connectivity index (χ3n) is 4.74. The molecule has 0 amide bonds. The molecule has 0 radical (unpaired) electrons. The second kappa shape index (κ2) is 10.3. The van der Waals surface area contributed by atoms with Gasteiger partial charge in [-0.2, -0.15) is 10.2 Å². The van der Waals surface area contributed by atoms with Crippen LogP contribution in [-0.2, 0) is 0 Å². The lowest BCUT2D eigenvalue weighted by Gasteiger charge is -2.21. The van der Waals surface area contributed by atoms with Gasteiger partial charge in [-0.05, 0) is 64.1 Å². The molecule has 2 aromatic rings. The third kappa shape index (κ3) is 5.25. The number of hydrogen-bond donors (Lipinski definition) is 2. The van der Waals surface area contributed by atoms with Crippen molar-refractivity contribution in [1.29, 1.82) is 0 Å². The van der Waals surface area contributed by atoms with E-state index in [9.17, 15) is 10.2 Å². The summed E-state index contributed by atoms with van der Waals surface area (Å²) in [5, 5.41) is 28.2. The molecule has 2 N–H and O–H groups in total. The number of anilines is 2. The number of phenolic OH excluding ortho intramolecular Hbond substituents is 2. The van der Waals surface area contributed by atoms with Crippen molar-refractivity contribution in [2.45, 2.75) is 27.7 Å². The Morgan fingerprint density at radius 1 is 0.679 bits per heavy atom. The Morgan fingerprint density at radius 2 is 1.04 bits per heavy atom. The molecule has 0 aromatic heterocycles. The fourth-order valence-electron chi connectivity index (χ4n) is 3.05. The first-order valence-corrected chi connectivity index (χ1v) is 9.76. The van der Waals surface area contributed by atoms with E-state index >= 15 is 0 Å². The minimum atomic E-state index is 0.154. The highest BCUT2D eigenvalue weighted by atomic mass is 16.3. The molecule has 0 spiro atoms. The fourth-order valence-corrected chi connectivity index (χ4v) is 3.05. The van der Waals surface area contributed by atoms with Gasteiger partial charge in [0.15, 0.2) is 0 Å². The number of rotatable bonds is 9. The molecule has 0 aliphatic heterocycles. The summed E-state index contributed by atoms with van der Waals surface area (Å²) in [5.41, 5.74) is 3.25. The van der Waals surface area contributed by atoms with Gasteiger partial charge in [-0.1, -0.05) is 0 Å². The molecule has 0 atom stereocenters. The minimum Gasteiger partial charge on any atom is -0.507 e. The third-order valence-corrected chi connectivity index (χ3v) is 4.74. The van der Waals surface area contributed by atoms with Gasteiger partial charge in [-0.3, -0.25) is 0 Å². The van der Waals surface area contributed by atoms with Gasteiger partial charge in [0.25, 0.3) is 0 Å². The van der Waals surface area contributed by atoms with E-state index in [4.69, 9.17) is 0 Å². The lowest BCUT2D eigenvalue weighted by atomic mass is 10.1. The summed E-state index contributed by atoms with van der Waals surface area (Å²) in [6, 6.07) is 10.9. The zero-order valence-electron chi connectivity index (χ0n) is 17.1. The molecule has 6 nitrogen and oxygen atoms in total. The van der Waals surface area contributed by atoms with Gasteiger partial charge in [0, 0.05) is 48.7 Å². The van der Waals surface area contributed by atoms with Crippen molar-refractivity contribution < 1.29 is 10.2 Å². The summed E-state index contributed by atoms with van der Waals surface area (Å²) >= 11 is 0. The maximum Gasteiger partial charge on any atom is 0.124 e. The van der Waals surface area contributed by atoms with Gasteiger partial charge < -0.3 is 20.0 Å². The van der Waals surface area contributed by atoms with Crippen LogP contribution < -0.4 is 9.80 Å². The van der Waals surface area contributed by atoms with Gasteiger partial charge in [-0.15, -0.1) is 0 Å². The van der Waals surface area contributed by atoms with Gasteiger partial charge in [0.05, 0.1) is 12.4 Å². The zero-order chi connectivity index (χ0) is 20.5. The van der Waals surface area contributed by atoms with Crippen molar-refractivity contribution in [3.8, 4) is 11.5 Å². The number of aromatic hydroxyl groups is 2. The van der Waals surface area contributed by atoms with Gasteiger partial charge in [-0.25, -0.2) is 0 Å². The number of phenols is 2. The van der Waals surface area contributed by atoms with Crippen molar-refractivity contribution >= 4 is 23.8 Å². The maximum atomic E-state index is 10.1. The van der Waals surface area contributed by atoms with E-state index in [-0.39, 0.29) is 11.5 Å². The van der Waals surface area contributed by atoms with E-state index in [0.717, 1.165) is 37.6 Å². The smallest absolute Gasteiger partial charge is 0.124 e. The molecule has 0 saturated carbocycles. The first kappa shape index (κ1) is 21.3. The fraction of sp³-hybridized carbons (Fsp3) is 0.364. The largest absolute Gasteiger partial charge is 0.507 e. The highest BCUT2D eigenvalue weighted by molar-refractivity contribution is 5.88. The zero-order valence-corrected chi connectivity index (χ0v) is 17.1. The van der Waals surface area contributed by atoms with E-state index in [1.165, 1.54) is 12.4 Å². The maximum absolute atomic E-state index is 10.1. The van der Waals surface area contributed by atoms with Crippen LogP contribution in [0.2, 0.25) is 0 Å². The van der Waals surface area contributed by atoms with Crippen LogP contribution in [0.5, 0.6) is 11.5 Å². The van der Waals surface area contributed by atoms with E-state index < -0.39 is 0 Å². The number of hydrogen-bond acceptors (Lipinski definition) is 6. The van der Waals surface area contributed by atoms with Crippen LogP contribution in [0, 0.1) is 0 Å². The Balaban J connectivity index is 2.20. The van der Waals surface area contributed by atoms with Crippen LogP contribution >= 0.6 is 0 Å². The molecule has 2 rings (SSSR count). The minimum absolute atomic E-state index is 0.154. The highest BCUT2D eigenvalue weighted by Crippen LogP contribution is 2.24. The summed E-state index contributed by atoms with van der Waals surface area (Å²) < 4.78 is 0. The van der Waals surface area contributed by atoms with E-state index in [0.29, 0.717) is 11.1 Å². The monoisotopic (exact) mass is 382 g/mol. The molecular formula is C22H30N4O2. The first-order valence-electron chi connectivity index (χ1n) is 9.76. The molecule has 28 heavy (non-hydrogen) atoms. The van der Waals surface area contributed by atoms with E-state index in [1.54, 1.807) is 12.1 Å². The molecule has 6 heteroatoms. The van der Waals surface area contributed by atoms with Gasteiger partial charge in [0.2, 0.25) is 0 Å². The number of benzene rings is 2. The summed E-state index contributed by atoms with van der Waals surface area (Å²) in [6.07, 6.45) is 3.04. The summed E-state index contributed by atoms with van der Waals surface area (Å²) in [7, 11) is 0. The van der Waals surface area contributed by atoms with Crippen LogP contribution in [0.15, 0.2) is 46.6 Å². The molecule has 0 unspecified atom stereocenters. The summed E-state index contributed by atoms with van der Waals surface area (Å²) in [5.74, 6) is 0.308. The Kier molecular flexibility index (Phi) is 7.87. The second-order valence-corrected chi connectivity index (χ2v) is 6.32. The Morgan fingerprint density at radius 3 is 1.36 bits per heavy atom.